The average Bonchev–Trinajstić information content (AvgIpc) is 2.26. The number of anilines is 1. The van der Waals surface area contributed by atoms with Crippen LogP contribution in [0.2, 0.25) is 0 Å². The summed E-state index contributed by atoms with van der Waals surface area (Å²) < 4.78 is 0. The number of nitro groups is 1. The van der Waals surface area contributed by atoms with Crippen LogP contribution in [0.15, 0.2) is 12.3 Å². The molecule has 1 aromatic rings. The van der Waals surface area contributed by atoms with Crippen LogP contribution >= 0.6 is 0 Å². The summed E-state index contributed by atoms with van der Waals surface area (Å²) in [4.78, 5) is 14.0. The van der Waals surface area contributed by atoms with E-state index in [0.717, 1.165) is 0 Å². The SMILES string of the molecule is Cc1cnc(NCC(O)CO)c([N+](=O)[O-])c1. The van der Waals surface area contributed by atoms with E-state index in [1.165, 1.54) is 12.3 Å². The lowest BCUT2D eigenvalue weighted by molar-refractivity contribution is -0.384. The van der Waals surface area contributed by atoms with Crippen LogP contribution in [0.3, 0.4) is 0 Å². The molecule has 0 saturated heterocycles. The Kier molecular flexibility index (Phi) is 4.15. The molecule has 0 aliphatic heterocycles. The van der Waals surface area contributed by atoms with Gasteiger partial charge in [-0.15, -0.1) is 0 Å². The van der Waals surface area contributed by atoms with Crippen molar-refractivity contribution >= 4 is 11.5 Å². The van der Waals surface area contributed by atoms with Crippen molar-refractivity contribution in [2.45, 2.75) is 13.0 Å². The van der Waals surface area contributed by atoms with E-state index in [-0.39, 0.29) is 18.1 Å². The number of aliphatic hydroxyl groups excluding tert-OH is 2. The maximum atomic E-state index is 10.7. The standard InChI is InChI=1S/C9H13N3O4/c1-6-2-8(12(15)16)9(10-3-6)11-4-7(14)5-13/h2-3,7,13-14H,4-5H2,1H3,(H,10,11). The van der Waals surface area contributed by atoms with Crippen LogP contribution in [0, 0.1) is 17.0 Å². The fraction of sp³-hybridized carbons (Fsp3) is 0.444. The molecule has 7 heteroatoms. The summed E-state index contributed by atoms with van der Waals surface area (Å²) in [5, 5.41) is 31.0. The zero-order valence-electron chi connectivity index (χ0n) is 8.75. The zero-order chi connectivity index (χ0) is 12.1. The van der Waals surface area contributed by atoms with Gasteiger partial charge < -0.3 is 15.5 Å². The van der Waals surface area contributed by atoms with Gasteiger partial charge in [-0.3, -0.25) is 10.1 Å². The average molecular weight is 227 g/mol. The summed E-state index contributed by atoms with van der Waals surface area (Å²) in [6.45, 7) is 1.30. The molecule has 7 nitrogen and oxygen atoms in total. The first-order chi connectivity index (χ1) is 7.54. The third-order valence-electron chi connectivity index (χ3n) is 1.92. The lowest BCUT2D eigenvalue weighted by Crippen LogP contribution is -2.23. The molecule has 0 saturated carbocycles. The van der Waals surface area contributed by atoms with Crippen molar-refractivity contribution in [3.05, 3.63) is 27.9 Å². The second kappa shape index (κ2) is 5.38. The van der Waals surface area contributed by atoms with Gasteiger partial charge in [0, 0.05) is 18.8 Å². The fourth-order valence-electron chi connectivity index (χ4n) is 1.11. The topological polar surface area (TPSA) is 109 Å². The van der Waals surface area contributed by atoms with E-state index < -0.39 is 17.6 Å². The third-order valence-corrected chi connectivity index (χ3v) is 1.92. The van der Waals surface area contributed by atoms with Crippen LogP contribution in [0.25, 0.3) is 0 Å². The molecule has 16 heavy (non-hydrogen) atoms. The van der Waals surface area contributed by atoms with Crippen molar-refractivity contribution in [2.24, 2.45) is 0 Å². The van der Waals surface area contributed by atoms with Crippen LogP contribution in [0.4, 0.5) is 11.5 Å². The van der Waals surface area contributed by atoms with E-state index in [2.05, 4.69) is 10.3 Å². The van der Waals surface area contributed by atoms with Crippen LogP contribution in [-0.4, -0.2) is 39.4 Å². The summed E-state index contributed by atoms with van der Waals surface area (Å²) in [6, 6.07) is 1.39. The second-order valence-corrected chi connectivity index (χ2v) is 3.35. The molecule has 88 valence electrons. The summed E-state index contributed by atoms with van der Waals surface area (Å²) >= 11 is 0. The van der Waals surface area contributed by atoms with E-state index >= 15 is 0 Å². The zero-order valence-corrected chi connectivity index (χ0v) is 8.75. The molecule has 0 aliphatic carbocycles. The van der Waals surface area contributed by atoms with Gasteiger partial charge in [-0.05, 0) is 12.5 Å². The van der Waals surface area contributed by atoms with Crippen LogP contribution in [-0.2, 0) is 0 Å². The van der Waals surface area contributed by atoms with Crippen molar-refractivity contribution in [1.82, 2.24) is 4.98 Å². The monoisotopic (exact) mass is 227 g/mol. The first-order valence-electron chi connectivity index (χ1n) is 4.68. The number of hydrogen-bond donors (Lipinski definition) is 3. The Hall–Kier alpha value is -1.73. The molecule has 0 amide bonds. The predicted octanol–water partition coefficient (Wildman–Crippen LogP) is 0.0633. The highest BCUT2D eigenvalue weighted by molar-refractivity contribution is 5.56. The summed E-state index contributed by atoms with van der Waals surface area (Å²) in [5.41, 5.74) is 0.532. The van der Waals surface area contributed by atoms with Gasteiger partial charge in [-0.25, -0.2) is 4.98 Å². The summed E-state index contributed by atoms with van der Waals surface area (Å²) in [6.07, 6.45) is 0.517. The molecule has 0 bridgehead atoms. The first-order valence-corrected chi connectivity index (χ1v) is 4.68. The highest BCUT2D eigenvalue weighted by Crippen LogP contribution is 2.22. The molecule has 1 heterocycles. The quantitative estimate of drug-likeness (QED) is 0.485. The van der Waals surface area contributed by atoms with Crippen molar-refractivity contribution in [3.8, 4) is 0 Å². The van der Waals surface area contributed by atoms with Gasteiger partial charge in [0.1, 0.15) is 0 Å². The molecule has 0 fully saturated rings. The molecule has 0 radical (unpaired) electrons. The van der Waals surface area contributed by atoms with Crippen molar-refractivity contribution in [3.63, 3.8) is 0 Å². The molecule has 0 aromatic carbocycles. The number of rotatable bonds is 5. The van der Waals surface area contributed by atoms with Crippen molar-refractivity contribution < 1.29 is 15.1 Å². The Morgan fingerprint density at radius 1 is 1.69 bits per heavy atom. The van der Waals surface area contributed by atoms with Gasteiger partial charge in [0.15, 0.2) is 0 Å². The maximum absolute atomic E-state index is 10.7. The third kappa shape index (κ3) is 3.14. The minimum Gasteiger partial charge on any atom is -0.394 e. The Morgan fingerprint density at radius 3 is 2.94 bits per heavy atom. The van der Waals surface area contributed by atoms with E-state index in [1.807, 2.05) is 0 Å². The van der Waals surface area contributed by atoms with E-state index in [9.17, 15) is 10.1 Å². The molecule has 1 aromatic heterocycles. The highest BCUT2D eigenvalue weighted by atomic mass is 16.6. The molecule has 0 aliphatic rings. The number of aromatic nitrogens is 1. The number of hydrogen-bond acceptors (Lipinski definition) is 6. The van der Waals surface area contributed by atoms with Gasteiger partial charge in [0.25, 0.3) is 0 Å². The van der Waals surface area contributed by atoms with Gasteiger partial charge in [0.2, 0.25) is 5.82 Å². The largest absolute Gasteiger partial charge is 0.394 e. The summed E-state index contributed by atoms with van der Waals surface area (Å²) in [5.74, 6) is 0.0862. The Balaban J connectivity index is 2.82. The Morgan fingerprint density at radius 2 is 2.38 bits per heavy atom. The number of aliphatic hydroxyl groups is 2. The second-order valence-electron chi connectivity index (χ2n) is 3.35. The van der Waals surface area contributed by atoms with E-state index in [4.69, 9.17) is 10.2 Å². The normalized spacial score (nSPS) is 12.2. The number of pyridine rings is 1. The molecule has 1 unspecified atom stereocenters. The Bertz CT molecular complexity index is 383. The van der Waals surface area contributed by atoms with E-state index in [1.54, 1.807) is 6.92 Å². The van der Waals surface area contributed by atoms with Gasteiger partial charge in [-0.1, -0.05) is 0 Å². The molecule has 0 spiro atoms. The summed E-state index contributed by atoms with van der Waals surface area (Å²) in [7, 11) is 0. The maximum Gasteiger partial charge on any atom is 0.311 e. The van der Waals surface area contributed by atoms with E-state index in [0.29, 0.717) is 5.56 Å². The van der Waals surface area contributed by atoms with Crippen molar-refractivity contribution in [1.29, 1.82) is 0 Å². The van der Waals surface area contributed by atoms with Crippen molar-refractivity contribution in [2.75, 3.05) is 18.5 Å². The molecule has 1 atom stereocenters. The Labute approximate surface area is 91.9 Å². The molecule has 1 rings (SSSR count). The molecule has 3 N–H and O–H groups in total. The minimum absolute atomic E-state index is 0.00734. The highest BCUT2D eigenvalue weighted by Gasteiger charge is 2.15. The molecular weight excluding hydrogens is 214 g/mol. The first kappa shape index (κ1) is 12.3. The van der Waals surface area contributed by atoms with Crippen LogP contribution in [0.5, 0.6) is 0 Å². The van der Waals surface area contributed by atoms with Crippen LogP contribution in [0.1, 0.15) is 5.56 Å². The fourth-order valence-corrected chi connectivity index (χ4v) is 1.11. The van der Waals surface area contributed by atoms with Gasteiger partial charge in [-0.2, -0.15) is 0 Å². The lowest BCUT2D eigenvalue weighted by Gasteiger charge is -2.09. The lowest BCUT2D eigenvalue weighted by atomic mass is 10.3. The van der Waals surface area contributed by atoms with Gasteiger partial charge in [0.05, 0.1) is 17.6 Å². The van der Waals surface area contributed by atoms with Gasteiger partial charge >= 0.3 is 5.69 Å². The number of nitrogens with one attached hydrogen (secondary N) is 1. The molecular formula is C9H13N3O4. The van der Waals surface area contributed by atoms with Crippen LogP contribution < -0.4 is 5.32 Å². The minimum atomic E-state index is -0.970. The predicted molar refractivity (Wildman–Crippen MR) is 57.2 cm³/mol. The smallest absolute Gasteiger partial charge is 0.311 e. The number of nitrogens with zero attached hydrogens (tertiary/aromatic N) is 2. The number of aryl methyl sites for hydroxylation is 1.